The molecule has 1 aromatic carbocycles. The lowest BCUT2D eigenvalue weighted by Crippen LogP contribution is -2.53. The number of hydrogen-bond donors (Lipinski definition) is 3. The fourth-order valence-corrected chi connectivity index (χ4v) is 7.90. The zero-order chi connectivity index (χ0) is 36.8. The molecule has 0 radical (unpaired) electrons. The van der Waals surface area contributed by atoms with Crippen LogP contribution in [0.5, 0.6) is 0 Å². The topological polar surface area (TPSA) is 128 Å². The van der Waals surface area contributed by atoms with E-state index in [0.29, 0.717) is 18.7 Å². The van der Waals surface area contributed by atoms with Crippen molar-refractivity contribution in [3.63, 3.8) is 0 Å². The van der Waals surface area contributed by atoms with Gasteiger partial charge in [-0.1, -0.05) is 77.4 Å². The molecule has 0 spiro atoms. The molecule has 1 aromatic rings. The monoisotopic (exact) mass is 702 g/mol. The quantitative estimate of drug-likeness (QED) is 0.168. The first-order valence-electron chi connectivity index (χ1n) is 17.7. The predicted octanol–water partition coefficient (Wildman–Crippen LogP) is 4.68. The number of thioether (sulfide) groups is 1. The van der Waals surface area contributed by atoms with E-state index in [1.807, 2.05) is 55.3 Å². The minimum absolute atomic E-state index is 0.0164. The minimum atomic E-state index is -0.861. The highest BCUT2D eigenvalue weighted by atomic mass is 32.2. The lowest BCUT2D eigenvalue weighted by Gasteiger charge is -2.40. The maximum absolute atomic E-state index is 14.1. The summed E-state index contributed by atoms with van der Waals surface area (Å²) in [6, 6.07) is 8.20. The molecule has 276 valence electrons. The van der Waals surface area contributed by atoms with Crippen molar-refractivity contribution in [2.45, 2.75) is 97.6 Å². The molecule has 4 amide bonds. The standard InChI is InChI=1S/C38H62N4O6S/c1-11-25(5)34(41(8)33(44)22-39-38(47)30(12-2)24(3)4)29(23-49-10)21-32(43)42-20-16-19-31(42)36(48-9)26(6)37(46)40-27(7)35(45)28-17-14-13-15-18-28/h12-15,17-18,24-27,29-31,34-36,45H,2,11,16,19-23H2,1,3-10H3,(H,39,47)(H,40,46)/t25-,26+,27+,29-,30-,31-,34-,35+,36+/m0/s1. The number of nitrogens with one attached hydrogen (secondary N) is 2. The number of likely N-dealkylation sites (N-methyl/N-ethyl adjacent to an activating group) is 1. The van der Waals surface area contributed by atoms with Crippen LogP contribution in [0.4, 0.5) is 0 Å². The molecule has 49 heavy (non-hydrogen) atoms. The van der Waals surface area contributed by atoms with Crippen LogP contribution in [-0.4, -0.2) is 102 Å². The average Bonchev–Trinajstić information content (AvgIpc) is 3.57. The van der Waals surface area contributed by atoms with Gasteiger partial charge >= 0.3 is 0 Å². The van der Waals surface area contributed by atoms with Gasteiger partial charge in [0.05, 0.1) is 42.7 Å². The third kappa shape index (κ3) is 11.6. The van der Waals surface area contributed by atoms with Crippen molar-refractivity contribution in [2.75, 3.05) is 39.3 Å². The van der Waals surface area contributed by atoms with Crippen molar-refractivity contribution in [3.8, 4) is 0 Å². The van der Waals surface area contributed by atoms with Gasteiger partial charge in [-0.15, -0.1) is 6.58 Å². The zero-order valence-electron chi connectivity index (χ0n) is 31.2. The first-order chi connectivity index (χ1) is 23.2. The van der Waals surface area contributed by atoms with Crippen LogP contribution in [-0.2, 0) is 23.9 Å². The SMILES string of the molecule is C=C[C@H](C(=O)NCC(=O)N(C)[C@H]([C@H](CSC)CC(=O)N1CCC[C@H]1[C@H](OC)[C@@H](C)C(=O)N[C@H](C)[C@@H](O)c1ccccc1)[C@@H](C)CC)C(C)C. The molecular formula is C38H62N4O6S. The van der Waals surface area contributed by atoms with Gasteiger partial charge in [-0.25, -0.2) is 0 Å². The van der Waals surface area contributed by atoms with E-state index in [-0.39, 0.29) is 72.3 Å². The van der Waals surface area contributed by atoms with Crippen LogP contribution in [0.3, 0.4) is 0 Å². The molecule has 1 aliphatic heterocycles. The lowest BCUT2D eigenvalue weighted by molar-refractivity contribution is -0.142. The van der Waals surface area contributed by atoms with Gasteiger partial charge < -0.3 is 30.3 Å². The lowest BCUT2D eigenvalue weighted by atomic mass is 9.85. The average molecular weight is 703 g/mol. The fourth-order valence-electron chi connectivity index (χ4n) is 7.15. The van der Waals surface area contributed by atoms with Crippen LogP contribution < -0.4 is 10.6 Å². The summed E-state index contributed by atoms with van der Waals surface area (Å²) < 4.78 is 5.92. The van der Waals surface area contributed by atoms with Crippen LogP contribution >= 0.6 is 11.8 Å². The highest BCUT2D eigenvalue weighted by Gasteiger charge is 2.42. The van der Waals surface area contributed by atoms with Crippen LogP contribution in [0.2, 0.25) is 0 Å². The third-order valence-electron chi connectivity index (χ3n) is 10.2. The number of nitrogens with zero attached hydrogens (tertiary/aromatic N) is 2. The largest absolute Gasteiger partial charge is 0.386 e. The summed E-state index contributed by atoms with van der Waals surface area (Å²) in [6.07, 6.45) is 4.81. The Bertz CT molecular complexity index is 1220. The van der Waals surface area contributed by atoms with Crippen molar-refractivity contribution >= 4 is 35.4 Å². The van der Waals surface area contributed by atoms with Crippen molar-refractivity contribution in [3.05, 3.63) is 48.6 Å². The summed E-state index contributed by atoms with van der Waals surface area (Å²) in [5.41, 5.74) is 0.721. The minimum Gasteiger partial charge on any atom is -0.386 e. The Morgan fingerprint density at radius 1 is 1.12 bits per heavy atom. The molecule has 0 aliphatic carbocycles. The first kappa shape index (κ1) is 42.3. The van der Waals surface area contributed by atoms with E-state index < -0.39 is 24.2 Å². The van der Waals surface area contributed by atoms with Crippen LogP contribution in [0.25, 0.3) is 0 Å². The molecule has 1 aliphatic rings. The molecule has 1 fully saturated rings. The molecule has 1 heterocycles. The summed E-state index contributed by atoms with van der Waals surface area (Å²) >= 11 is 1.65. The number of likely N-dealkylation sites (tertiary alicyclic amines) is 1. The van der Waals surface area contributed by atoms with Gasteiger partial charge in [0.15, 0.2) is 0 Å². The van der Waals surface area contributed by atoms with Crippen molar-refractivity contribution in [1.82, 2.24) is 20.4 Å². The summed E-state index contributed by atoms with van der Waals surface area (Å²) in [5, 5.41) is 16.5. The summed E-state index contributed by atoms with van der Waals surface area (Å²) in [6.45, 7) is 15.9. The van der Waals surface area contributed by atoms with Crippen LogP contribution in [0.15, 0.2) is 43.0 Å². The van der Waals surface area contributed by atoms with E-state index in [9.17, 15) is 24.3 Å². The predicted molar refractivity (Wildman–Crippen MR) is 198 cm³/mol. The Morgan fingerprint density at radius 2 is 1.78 bits per heavy atom. The Labute approximate surface area is 299 Å². The second kappa shape index (κ2) is 20.7. The molecule has 0 saturated carbocycles. The smallest absolute Gasteiger partial charge is 0.241 e. The number of carbonyl (C=O) groups excluding carboxylic acids is 4. The van der Waals surface area contributed by atoms with Crippen LogP contribution in [0.1, 0.15) is 78.9 Å². The van der Waals surface area contributed by atoms with E-state index >= 15 is 0 Å². The van der Waals surface area contributed by atoms with E-state index in [1.54, 1.807) is 50.7 Å². The Hall–Kier alpha value is -2.89. The molecule has 2 rings (SSSR count). The van der Waals surface area contributed by atoms with Gasteiger partial charge in [0, 0.05) is 33.2 Å². The number of carbonyl (C=O) groups is 4. The number of amides is 4. The highest BCUT2D eigenvalue weighted by molar-refractivity contribution is 7.98. The van der Waals surface area contributed by atoms with Crippen molar-refractivity contribution in [1.29, 1.82) is 0 Å². The number of rotatable bonds is 20. The number of hydrogen-bond acceptors (Lipinski definition) is 7. The second-order valence-electron chi connectivity index (χ2n) is 14.0. The van der Waals surface area contributed by atoms with Gasteiger partial charge in [-0.3, -0.25) is 19.2 Å². The number of aliphatic hydroxyl groups excluding tert-OH is 1. The number of methoxy groups -OCH3 is 1. The molecule has 0 bridgehead atoms. The number of aliphatic hydroxyl groups is 1. The zero-order valence-corrected chi connectivity index (χ0v) is 32.0. The van der Waals surface area contributed by atoms with E-state index in [2.05, 4.69) is 31.1 Å². The summed E-state index contributed by atoms with van der Waals surface area (Å²) in [4.78, 5) is 57.3. The molecular weight excluding hydrogens is 641 g/mol. The Morgan fingerprint density at radius 3 is 2.33 bits per heavy atom. The Balaban J connectivity index is 2.18. The highest BCUT2D eigenvalue weighted by Crippen LogP contribution is 2.32. The normalized spacial score (nSPS) is 19.6. The van der Waals surface area contributed by atoms with E-state index in [1.165, 1.54) is 0 Å². The van der Waals surface area contributed by atoms with Gasteiger partial charge in [0.2, 0.25) is 23.6 Å². The third-order valence-corrected chi connectivity index (χ3v) is 11.0. The van der Waals surface area contributed by atoms with Crippen LogP contribution in [0, 0.1) is 29.6 Å². The summed E-state index contributed by atoms with van der Waals surface area (Å²) in [5.74, 6) is -0.894. The van der Waals surface area contributed by atoms with Crippen molar-refractivity contribution < 1.29 is 29.0 Å². The molecule has 1 saturated heterocycles. The van der Waals surface area contributed by atoms with E-state index in [0.717, 1.165) is 18.4 Å². The number of benzene rings is 1. The maximum Gasteiger partial charge on any atom is 0.241 e. The van der Waals surface area contributed by atoms with Gasteiger partial charge in [0.1, 0.15) is 0 Å². The molecule has 3 N–H and O–H groups in total. The van der Waals surface area contributed by atoms with Crippen molar-refractivity contribution in [2.24, 2.45) is 29.6 Å². The fraction of sp³-hybridized carbons (Fsp3) is 0.684. The summed E-state index contributed by atoms with van der Waals surface area (Å²) in [7, 11) is 3.34. The molecule has 10 nitrogen and oxygen atoms in total. The Kier molecular flexibility index (Phi) is 17.9. The maximum atomic E-state index is 14.1. The molecule has 11 heteroatoms. The first-order valence-corrected chi connectivity index (χ1v) is 19.1. The molecule has 9 atom stereocenters. The van der Waals surface area contributed by atoms with E-state index in [4.69, 9.17) is 4.74 Å². The van der Waals surface area contributed by atoms with Gasteiger partial charge in [-0.2, -0.15) is 11.8 Å². The van der Waals surface area contributed by atoms with Gasteiger partial charge in [0.25, 0.3) is 0 Å². The molecule has 0 aromatic heterocycles. The second-order valence-corrected chi connectivity index (χ2v) is 14.9. The van der Waals surface area contributed by atoms with Gasteiger partial charge in [-0.05, 0) is 55.1 Å². The number of ether oxygens (including phenoxy) is 1. The molecule has 0 unspecified atom stereocenters.